The molecule has 0 saturated carbocycles. The third-order valence-corrected chi connectivity index (χ3v) is 5.31. The summed E-state index contributed by atoms with van der Waals surface area (Å²) in [5, 5.41) is 15.4. The first kappa shape index (κ1) is 21.6. The first-order valence-corrected chi connectivity index (χ1v) is 11.8. The van der Waals surface area contributed by atoms with Gasteiger partial charge in [-0.3, -0.25) is 4.79 Å². The Morgan fingerprint density at radius 3 is 2.52 bits per heavy atom. The number of nitrogens with one attached hydrogen (secondary N) is 1. The molecular formula is C15H26F3N3O3Si. The van der Waals surface area contributed by atoms with Gasteiger partial charge in [-0.25, -0.2) is 4.68 Å². The number of rotatable bonds is 9. The minimum Gasteiger partial charge on any atom is -0.394 e. The second-order valence-electron chi connectivity index (χ2n) is 7.02. The summed E-state index contributed by atoms with van der Waals surface area (Å²) in [7, 11) is -1.33. The molecule has 1 aromatic heterocycles. The van der Waals surface area contributed by atoms with Crippen LogP contribution < -0.4 is 10.9 Å². The molecule has 1 heterocycles. The van der Waals surface area contributed by atoms with Crippen molar-refractivity contribution in [3.8, 4) is 0 Å². The largest absolute Gasteiger partial charge is 0.423 e. The molecule has 0 aliphatic carbocycles. The normalized spacial score (nSPS) is 13.8. The average molecular weight is 381 g/mol. The van der Waals surface area contributed by atoms with Crippen LogP contribution in [0.2, 0.25) is 25.7 Å². The van der Waals surface area contributed by atoms with Crippen LogP contribution >= 0.6 is 0 Å². The zero-order valence-electron chi connectivity index (χ0n) is 15.0. The highest BCUT2D eigenvalue weighted by Gasteiger charge is 2.38. The van der Waals surface area contributed by atoms with Gasteiger partial charge in [0.2, 0.25) is 0 Å². The van der Waals surface area contributed by atoms with E-state index in [9.17, 15) is 18.0 Å². The summed E-state index contributed by atoms with van der Waals surface area (Å²) in [6.07, 6.45) is -3.49. The Kier molecular flexibility index (Phi) is 7.63. The fourth-order valence-corrected chi connectivity index (χ4v) is 2.75. The first-order valence-electron chi connectivity index (χ1n) is 8.12. The van der Waals surface area contributed by atoms with Gasteiger partial charge in [-0.1, -0.05) is 26.6 Å². The molecule has 25 heavy (non-hydrogen) atoms. The molecule has 0 saturated heterocycles. The Labute approximate surface area is 146 Å². The Bertz CT molecular complexity index is 611. The summed E-state index contributed by atoms with van der Waals surface area (Å²) in [6.45, 7) is 7.84. The number of hydrogen-bond donors (Lipinski definition) is 2. The maximum atomic E-state index is 13.3. The summed E-state index contributed by atoms with van der Waals surface area (Å²) in [5.74, 6) is 0. The van der Waals surface area contributed by atoms with Crippen LogP contribution in [0.5, 0.6) is 0 Å². The van der Waals surface area contributed by atoms with Crippen molar-refractivity contribution in [2.45, 2.75) is 58.0 Å². The quantitative estimate of drug-likeness (QED) is 0.508. The van der Waals surface area contributed by atoms with Gasteiger partial charge in [0.25, 0.3) is 5.56 Å². The van der Waals surface area contributed by atoms with Crippen molar-refractivity contribution in [3.63, 3.8) is 0 Å². The van der Waals surface area contributed by atoms with Gasteiger partial charge < -0.3 is 15.2 Å². The topological polar surface area (TPSA) is 76.4 Å². The third kappa shape index (κ3) is 6.79. The van der Waals surface area contributed by atoms with Crippen LogP contribution in [-0.2, 0) is 17.6 Å². The van der Waals surface area contributed by atoms with Crippen molar-refractivity contribution in [2.24, 2.45) is 0 Å². The molecule has 0 spiro atoms. The van der Waals surface area contributed by atoms with E-state index in [2.05, 4.69) is 30.1 Å². The minimum absolute atomic E-state index is 0.329. The molecule has 1 unspecified atom stereocenters. The predicted molar refractivity (Wildman–Crippen MR) is 92.4 cm³/mol. The zero-order valence-corrected chi connectivity index (χ0v) is 16.0. The highest BCUT2D eigenvalue weighted by Crippen LogP contribution is 2.32. The van der Waals surface area contributed by atoms with E-state index in [0.29, 0.717) is 17.7 Å². The van der Waals surface area contributed by atoms with Crippen LogP contribution in [0.4, 0.5) is 18.9 Å². The summed E-state index contributed by atoms with van der Waals surface area (Å²) in [6, 6.07) is 0.244. The number of halogens is 3. The van der Waals surface area contributed by atoms with Crippen molar-refractivity contribution in [1.82, 2.24) is 9.78 Å². The molecule has 1 aromatic rings. The van der Waals surface area contributed by atoms with Crippen LogP contribution in [0.3, 0.4) is 0 Å². The maximum Gasteiger partial charge on any atom is 0.423 e. The summed E-state index contributed by atoms with van der Waals surface area (Å²) < 4.78 is 45.9. The van der Waals surface area contributed by atoms with E-state index >= 15 is 0 Å². The molecular weight excluding hydrogens is 355 g/mol. The molecule has 10 heteroatoms. The monoisotopic (exact) mass is 381 g/mol. The van der Waals surface area contributed by atoms with Crippen molar-refractivity contribution in [3.05, 3.63) is 22.1 Å². The molecule has 0 fully saturated rings. The number of aliphatic hydroxyl groups excluding tert-OH is 1. The number of aromatic nitrogens is 2. The van der Waals surface area contributed by atoms with Gasteiger partial charge >= 0.3 is 6.18 Å². The van der Waals surface area contributed by atoms with E-state index in [4.69, 9.17) is 9.84 Å². The lowest BCUT2D eigenvalue weighted by Gasteiger charge is -2.20. The highest BCUT2D eigenvalue weighted by molar-refractivity contribution is 6.76. The lowest BCUT2D eigenvalue weighted by molar-refractivity contribution is -0.138. The van der Waals surface area contributed by atoms with Crippen molar-refractivity contribution in [2.75, 3.05) is 18.5 Å². The number of alkyl halides is 3. The number of hydrogen-bond acceptors (Lipinski definition) is 5. The van der Waals surface area contributed by atoms with Gasteiger partial charge in [-0.15, -0.1) is 0 Å². The maximum absolute atomic E-state index is 13.3. The standard InChI is InChI=1S/C15H26F3N3O3Si/c1-5-11(9-22)20-12-8-19-21(10-24-6-7-25(2,3)4)14(23)13(12)15(16,17)18/h8,11,20,22H,5-7,9-10H2,1-4H3. The van der Waals surface area contributed by atoms with E-state index in [1.54, 1.807) is 6.92 Å². The van der Waals surface area contributed by atoms with E-state index in [1.165, 1.54) is 0 Å². The zero-order chi connectivity index (χ0) is 19.3. The second kappa shape index (κ2) is 8.81. The van der Waals surface area contributed by atoms with E-state index in [-0.39, 0.29) is 13.3 Å². The molecule has 144 valence electrons. The molecule has 0 aromatic carbocycles. The average Bonchev–Trinajstić information content (AvgIpc) is 2.48. The fourth-order valence-electron chi connectivity index (χ4n) is 1.99. The highest BCUT2D eigenvalue weighted by atomic mass is 28.3. The molecule has 0 bridgehead atoms. The van der Waals surface area contributed by atoms with E-state index < -0.39 is 37.1 Å². The fraction of sp³-hybridized carbons (Fsp3) is 0.733. The van der Waals surface area contributed by atoms with Gasteiger partial charge in [0.15, 0.2) is 0 Å². The number of ether oxygens (including phenoxy) is 1. The second-order valence-corrected chi connectivity index (χ2v) is 12.6. The lowest BCUT2D eigenvalue weighted by atomic mass is 10.2. The number of nitrogens with zero attached hydrogens (tertiary/aromatic N) is 2. The Balaban J connectivity index is 3.02. The van der Waals surface area contributed by atoms with Crippen LogP contribution in [0, 0.1) is 0 Å². The third-order valence-electron chi connectivity index (χ3n) is 3.61. The van der Waals surface area contributed by atoms with Crippen LogP contribution in [-0.4, -0.2) is 42.2 Å². The van der Waals surface area contributed by atoms with Crippen molar-refractivity contribution in [1.29, 1.82) is 0 Å². The van der Waals surface area contributed by atoms with Gasteiger partial charge in [0, 0.05) is 20.7 Å². The lowest BCUT2D eigenvalue weighted by Crippen LogP contribution is -2.34. The Morgan fingerprint density at radius 1 is 1.40 bits per heavy atom. The molecule has 1 rings (SSSR count). The molecule has 6 nitrogen and oxygen atoms in total. The van der Waals surface area contributed by atoms with Gasteiger partial charge in [-0.05, 0) is 12.5 Å². The van der Waals surface area contributed by atoms with E-state index in [1.807, 2.05) is 0 Å². The molecule has 1 atom stereocenters. The molecule has 0 aliphatic heterocycles. The van der Waals surface area contributed by atoms with Crippen molar-refractivity contribution < 1.29 is 23.0 Å². The Hall–Kier alpha value is -1.39. The van der Waals surface area contributed by atoms with Gasteiger partial charge in [0.1, 0.15) is 12.3 Å². The van der Waals surface area contributed by atoms with E-state index in [0.717, 1.165) is 12.2 Å². The smallest absolute Gasteiger partial charge is 0.394 e. The summed E-state index contributed by atoms with van der Waals surface area (Å²) >= 11 is 0. The molecule has 0 amide bonds. The number of anilines is 1. The Morgan fingerprint density at radius 2 is 2.04 bits per heavy atom. The first-order chi connectivity index (χ1) is 11.5. The van der Waals surface area contributed by atoms with Gasteiger partial charge in [-0.2, -0.15) is 18.3 Å². The minimum atomic E-state index is -4.84. The van der Waals surface area contributed by atoms with Crippen LogP contribution in [0.25, 0.3) is 0 Å². The summed E-state index contributed by atoms with van der Waals surface area (Å²) in [5.41, 5.74) is -3.03. The van der Waals surface area contributed by atoms with Crippen LogP contribution in [0.15, 0.2) is 11.0 Å². The molecule has 2 N–H and O–H groups in total. The summed E-state index contributed by atoms with van der Waals surface area (Å²) in [4.78, 5) is 12.2. The SMILES string of the molecule is CCC(CO)Nc1cnn(COCC[Si](C)(C)C)c(=O)c1C(F)(F)F. The molecule has 0 aliphatic rings. The molecule has 0 radical (unpaired) electrons. The van der Waals surface area contributed by atoms with Crippen molar-refractivity contribution >= 4 is 13.8 Å². The van der Waals surface area contributed by atoms with Gasteiger partial charge in [0.05, 0.1) is 18.5 Å². The predicted octanol–water partition coefficient (Wildman–Crippen LogP) is 2.76. The van der Waals surface area contributed by atoms with Crippen LogP contribution in [0.1, 0.15) is 18.9 Å². The number of aliphatic hydroxyl groups is 1.